The van der Waals surface area contributed by atoms with Crippen LogP contribution in [0.3, 0.4) is 0 Å². The standard InChI is InChI=1S/C13H15F3N4O2/c1-7-10-4-9(5-17-11(10)20(3)19-7)18-12(21)8(2)22-6-13(14,15)16/h4-5,8H,6H2,1-3H3,(H,18,21)/t8-/m1/s1. The minimum absolute atomic E-state index is 0.371. The molecule has 0 saturated heterocycles. The zero-order chi connectivity index (χ0) is 16.5. The van der Waals surface area contributed by atoms with Crippen LogP contribution in [-0.4, -0.2) is 39.6 Å². The van der Waals surface area contributed by atoms with Crippen molar-refractivity contribution in [1.82, 2.24) is 14.8 Å². The van der Waals surface area contributed by atoms with Gasteiger partial charge in [0.25, 0.3) is 5.91 Å². The Kier molecular flexibility index (Phi) is 4.36. The Bertz CT molecular complexity index is 696. The first-order valence-corrected chi connectivity index (χ1v) is 6.46. The Morgan fingerprint density at radius 1 is 1.50 bits per heavy atom. The molecule has 0 aliphatic heterocycles. The van der Waals surface area contributed by atoms with Crippen LogP contribution in [0.25, 0.3) is 11.0 Å². The number of halogens is 3. The van der Waals surface area contributed by atoms with E-state index in [-0.39, 0.29) is 0 Å². The van der Waals surface area contributed by atoms with Crippen LogP contribution in [0.5, 0.6) is 0 Å². The van der Waals surface area contributed by atoms with Crippen LogP contribution in [0.4, 0.5) is 18.9 Å². The molecule has 2 aromatic heterocycles. The minimum Gasteiger partial charge on any atom is -0.359 e. The molecule has 120 valence electrons. The second kappa shape index (κ2) is 5.91. The summed E-state index contributed by atoms with van der Waals surface area (Å²) in [4.78, 5) is 16.0. The number of rotatable bonds is 4. The first kappa shape index (κ1) is 16.2. The SMILES string of the molecule is Cc1nn(C)c2ncc(NC(=O)[C@@H](C)OCC(F)(F)F)cc12. The molecule has 0 saturated carbocycles. The van der Waals surface area contributed by atoms with Gasteiger partial charge in [-0.15, -0.1) is 0 Å². The largest absolute Gasteiger partial charge is 0.411 e. The van der Waals surface area contributed by atoms with Gasteiger partial charge in [0.1, 0.15) is 12.7 Å². The molecule has 6 nitrogen and oxygen atoms in total. The van der Waals surface area contributed by atoms with Gasteiger partial charge in [0.2, 0.25) is 0 Å². The van der Waals surface area contributed by atoms with Gasteiger partial charge in [-0.3, -0.25) is 9.48 Å². The first-order valence-electron chi connectivity index (χ1n) is 6.46. The third kappa shape index (κ3) is 3.73. The van der Waals surface area contributed by atoms with Crippen molar-refractivity contribution < 1.29 is 22.7 Å². The summed E-state index contributed by atoms with van der Waals surface area (Å²) in [5.41, 5.74) is 1.76. The number of aromatic nitrogens is 3. The lowest BCUT2D eigenvalue weighted by Crippen LogP contribution is -2.31. The van der Waals surface area contributed by atoms with Crippen molar-refractivity contribution in [3.8, 4) is 0 Å². The van der Waals surface area contributed by atoms with E-state index in [4.69, 9.17) is 0 Å². The highest BCUT2D eigenvalue weighted by molar-refractivity contribution is 5.95. The zero-order valence-electron chi connectivity index (χ0n) is 12.2. The van der Waals surface area contributed by atoms with E-state index in [0.29, 0.717) is 11.3 Å². The molecular weight excluding hydrogens is 301 g/mol. The molecular formula is C13H15F3N4O2. The number of fused-ring (bicyclic) bond motifs is 1. The molecule has 1 atom stereocenters. The van der Waals surface area contributed by atoms with Crippen LogP contribution >= 0.6 is 0 Å². The number of ether oxygens (including phenoxy) is 1. The lowest BCUT2D eigenvalue weighted by molar-refractivity contribution is -0.184. The first-order chi connectivity index (χ1) is 10.2. The van der Waals surface area contributed by atoms with E-state index in [1.54, 1.807) is 24.7 Å². The number of nitrogens with one attached hydrogen (secondary N) is 1. The number of carbonyl (C=O) groups excluding carboxylic acids is 1. The Morgan fingerprint density at radius 2 is 2.18 bits per heavy atom. The monoisotopic (exact) mass is 316 g/mol. The van der Waals surface area contributed by atoms with E-state index in [0.717, 1.165) is 11.1 Å². The number of hydrogen-bond donors (Lipinski definition) is 1. The van der Waals surface area contributed by atoms with Crippen LogP contribution in [-0.2, 0) is 16.6 Å². The van der Waals surface area contributed by atoms with E-state index in [2.05, 4.69) is 20.1 Å². The molecule has 0 bridgehead atoms. The summed E-state index contributed by atoms with van der Waals surface area (Å²) in [6.45, 7) is 1.58. The predicted molar refractivity (Wildman–Crippen MR) is 73.3 cm³/mol. The molecule has 1 amide bonds. The van der Waals surface area contributed by atoms with Gasteiger partial charge in [-0.2, -0.15) is 18.3 Å². The molecule has 0 aliphatic rings. The van der Waals surface area contributed by atoms with E-state index in [1.165, 1.54) is 13.1 Å². The summed E-state index contributed by atoms with van der Waals surface area (Å²) >= 11 is 0. The number of alkyl halides is 3. The van der Waals surface area contributed by atoms with Crippen molar-refractivity contribution in [2.45, 2.75) is 26.1 Å². The molecule has 0 radical (unpaired) electrons. The quantitative estimate of drug-likeness (QED) is 0.939. The molecule has 22 heavy (non-hydrogen) atoms. The van der Waals surface area contributed by atoms with Gasteiger partial charge in [0.15, 0.2) is 5.65 Å². The summed E-state index contributed by atoms with van der Waals surface area (Å²) in [5.74, 6) is -0.674. The molecule has 0 aromatic carbocycles. The van der Waals surface area contributed by atoms with Crippen molar-refractivity contribution in [2.75, 3.05) is 11.9 Å². The third-order valence-corrected chi connectivity index (χ3v) is 3.00. The van der Waals surface area contributed by atoms with Crippen molar-refractivity contribution in [2.24, 2.45) is 7.05 Å². The topological polar surface area (TPSA) is 69.0 Å². The zero-order valence-corrected chi connectivity index (χ0v) is 12.2. The fourth-order valence-electron chi connectivity index (χ4n) is 1.92. The van der Waals surface area contributed by atoms with Crippen molar-refractivity contribution in [1.29, 1.82) is 0 Å². The molecule has 2 aromatic rings. The summed E-state index contributed by atoms with van der Waals surface area (Å²) in [6.07, 6.45) is -4.29. The number of nitrogens with zero attached hydrogens (tertiary/aromatic N) is 3. The number of amides is 1. The predicted octanol–water partition coefficient (Wildman–Crippen LogP) is 2.18. The van der Waals surface area contributed by atoms with Gasteiger partial charge < -0.3 is 10.1 Å². The fraction of sp³-hybridized carbons (Fsp3) is 0.462. The lowest BCUT2D eigenvalue weighted by atomic mass is 10.2. The second-order valence-corrected chi connectivity index (χ2v) is 4.86. The third-order valence-electron chi connectivity index (χ3n) is 3.00. The lowest BCUT2D eigenvalue weighted by Gasteiger charge is -2.14. The van der Waals surface area contributed by atoms with Crippen molar-refractivity contribution >= 4 is 22.6 Å². The molecule has 0 fully saturated rings. The Labute approximate surface area is 124 Å². The molecule has 9 heteroatoms. The maximum absolute atomic E-state index is 12.1. The molecule has 1 N–H and O–H groups in total. The average molecular weight is 316 g/mol. The molecule has 2 rings (SSSR count). The van der Waals surface area contributed by atoms with Crippen LogP contribution in [0.1, 0.15) is 12.6 Å². The summed E-state index contributed by atoms with van der Waals surface area (Å²) in [7, 11) is 1.74. The smallest absolute Gasteiger partial charge is 0.359 e. The highest BCUT2D eigenvalue weighted by Gasteiger charge is 2.30. The highest BCUT2D eigenvalue weighted by atomic mass is 19.4. The molecule has 2 heterocycles. The number of aryl methyl sites for hydroxylation is 2. The number of pyridine rings is 1. The second-order valence-electron chi connectivity index (χ2n) is 4.86. The number of anilines is 1. The van der Waals surface area contributed by atoms with Crippen molar-refractivity contribution in [3.05, 3.63) is 18.0 Å². The molecule has 0 spiro atoms. The Morgan fingerprint density at radius 3 is 2.82 bits per heavy atom. The summed E-state index contributed by atoms with van der Waals surface area (Å²) < 4.78 is 42.2. The van der Waals surface area contributed by atoms with Crippen LogP contribution in [0.2, 0.25) is 0 Å². The van der Waals surface area contributed by atoms with Crippen molar-refractivity contribution in [3.63, 3.8) is 0 Å². The van der Waals surface area contributed by atoms with Gasteiger partial charge >= 0.3 is 6.18 Å². The van der Waals surface area contributed by atoms with Gasteiger partial charge in [-0.25, -0.2) is 4.98 Å². The van der Waals surface area contributed by atoms with E-state index >= 15 is 0 Å². The van der Waals surface area contributed by atoms with E-state index < -0.39 is 24.8 Å². The Hall–Kier alpha value is -2.16. The molecule has 0 aliphatic carbocycles. The normalized spacial score (nSPS) is 13.4. The summed E-state index contributed by atoms with van der Waals surface area (Å²) in [6, 6.07) is 1.67. The van der Waals surface area contributed by atoms with Crippen LogP contribution in [0, 0.1) is 6.92 Å². The highest BCUT2D eigenvalue weighted by Crippen LogP contribution is 2.20. The Balaban J connectivity index is 2.07. The van der Waals surface area contributed by atoms with Gasteiger partial charge in [0, 0.05) is 12.4 Å². The van der Waals surface area contributed by atoms with Gasteiger partial charge in [0.05, 0.1) is 17.6 Å². The fourth-order valence-corrected chi connectivity index (χ4v) is 1.92. The number of carbonyl (C=O) groups is 1. The van der Waals surface area contributed by atoms with Gasteiger partial charge in [-0.1, -0.05) is 0 Å². The van der Waals surface area contributed by atoms with Crippen LogP contribution in [0.15, 0.2) is 12.3 Å². The van der Waals surface area contributed by atoms with Crippen LogP contribution < -0.4 is 5.32 Å². The maximum atomic E-state index is 12.1. The number of hydrogen-bond acceptors (Lipinski definition) is 4. The summed E-state index contributed by atoms with van der Waals surface area (Å²) in [5, 5.41) is 7.42. The molecule has 0 unspecified atom stereocenters. The minimum atomic E-state index is -4.47. The maximum Gasteiger partial charge on any atom is 0.411 e. The van der Waals surface area contributed by atoms with E-state index in [1.807, 2.05) is 0 Å². The van der Waals surface area contributed by atoms with E-state index in [9.17, 15) is 18.0 Å². The van der Waals surface area contributed by atoms with Gasteiger partial charge in [-0.05, 0) is 19.9 Å². The average Bonchev–Trinajstić information content (AvgIpc) is 2.70.